The Labute approximate surface area is 135 Å². The van der Waals surface area contributed by atoms with Gasteiger partial charge in [0.25, 0.3) is 0 Å². The summed E-state index contributed by atoms with van der Waals surface area (Å²) in [4.78, 5) is -0.337. The topological polar surface area (TPSA) is 63.4 Å². The van der Waals surface area contributed by atoms with E-state index in [1.165, 1.54) is 30.5 Å². The summed E-state index contributed by atoms with van der Waals surface area (Å²) in [6.45, 7) is 0.346. The Kier molecular flexibility index (Phi) is 5.15. The SMILES string of the molecule is CN(Cc1csc(Br)c1)S(=O)(=O)c1ccc(CN)cc1F. The number of thiophene rings is 1. The third-order valence-corrected chi connectivity index (χ3v) is 6.34. The number of nitrogens with two attached hydrogens (primary N) is 1. The van der Waals surface area contributed by atoms with Gasteiger partial charge in [-0.05, 0) is 50.6 Å². The quantitative estimate of drug-likeness (QED) is 0.850. The lowest BCUT2D eigenvalue weighted by molar-refractivity contribution is 0.460. The molecule has 1 aromatic carbocycles. The van der Waals surface area contributed by atoms with Gasteiger partial charge in [0.1, 0.15) is 10.7 Å². The van der Waals surface area contributed by atoms with Crippen molar-refractivity contribution in [1.29, 1.82) is 0 Å². The molecule has 2 rings (SSSR count). The molecule has 0 unspecified atom stereocenters. The van der Waals surface area contributed by atoms with Crippen LogP contribution in [0.25, 0.3) is 0 Å². The fourth-order valence-electron chi connectivity index (χ4n) is 1.82. The van der Waals surface area contributed by atoms with Gasteiger partial charge in [-0.2, -0.15) is 4.31 Å². The molecule has 2 aromatic rings. The van der Waals surface area contributed by atoms with Crippen LogP contribution in [0.2, 0.25) is 0 Å². The van der Waals surface area contributed by atoms with Gasteiger partial charge in [0.05, 0.1) is 3.79 Å². The van der Waals surface area contributed by atoms with Crippen molar-refractivity contribution in [2.24, 2.45) is 5.73 Å². The second-order valence-corrected chi connectivity index (χ2v) is 8.79. The largest absolute Gasteiger partial charge is 0.326 e. The molecule has 0 saturated heterocycles. The Morgan fingerprint density at radius 3 is 2.57 bits per heavy atom. The minimum absolute atomic E-state index is 0.163. The highest BCUT2D eigenvalue weighted by Crippen LogP contribution is 2.25. The van der Waals surface area contributed by atoms with E-state index in [0.29, 0.717) is 5.56 Å². The average molecular weight is 393 g/mol. The van der Waals surface area contributed by atoms with Crippen LogP contribution in [-0.4, -0.2) is 19.8 Å². The van der Waals surface area contributed by atoms with Crippen molar-refractivity contribution < 1.29 is 12.8 Å². The van der Waals surface area contributed by atoms with Crippen LogP contribution in [0, 0.1) is 5.82 Å². The summed E-state index contributed by atoms with van der Waals surface area (Å²) in [5.74, 6) is -0.781. The fraction of sp³-hybridized carbons (Fsp3) is 0.231. The van der Waals surface area contributed by atoms with Gasteiger partial charge in [-0.15, -0.1) is 11.3 Å². The molecule has 0 aliphatic heterocycles. The van der Waals surface area contributed by atoms with Gasteiger partial charge >= 0.3 is 0 Å². The van der Waals surface area contributed by atoms with E-state index in [4.69, 9.17) is 5.73 Å². The summed E-state index contributed by atoms with van der Waals surface area (Å²) < 4.78 is 40.8. The van der Waals surface area contributed by atoms with Gasteiger partial charge in [0.15, 0.2) is 0 Å². The van der Waals surface area contributed by atoms with Crippen molar-refractivity contribution >= 4 is 37.3 Å². The van der Waals surface area contributed by atoms with E-state index in [-0.39, 0.29) is 18.0 Å². The Balaban J connectivity index is 2.28. The number of hydrogen-bond donors (Lipinski definition) is 1. The molecular formula is C13H14BrFN2O2S2. The molecule has 0 bridgehead atoms. The Hall–Kier alpha value is -0.800. The molecule has 2 N–H and O–H groups in total. The smallest absolute Gasteiger partial charge is 0.246 e. The maximum atomic E-state index is 14.0. The first-order chi connectivity index (χ1) is 9.84. The van der Waals surface area contributed by atoms with Crippen LogP contribution >= 0.6 is 27.3 Å². The van der Waals surface area contributed by atoms with Crippen LogP contribution in [0.4, 0.5) is 4.39 Å². The minimum atomic E-state index is -3.88. The molecule has 1 heterocycles. The lowest BCUT2D eigenvalue weighted by Crippen LogP contribution is -2.27. The lowest BCUT2D eigenvalue weighted by atomic mass is 10.2. The van der Waals surface area contributed by atoms with E-state index < -0.39 is 15.8 Å². The van der Waals surface area contributed by atoms with Crippen molar-refractivity contribution in [2.45, 2.75) is 18.0 Å². The fourth-order valence-corrected chi connectivity index (χ4v) is 4.22. The Bertz CT molecular complexity index is 746. The molecule has 4 nitrogen and oxygen atoms in total. The predicted molar refractivity (Wildman–Crippen MR) is 85.0 cm³/mol. The number of halogens is 2. The van der Waals surface area contributed by atoms with E-state index in [1.807, 2.05) is 11.4 Å². The number of nitrogens with zero attached hydrogens (tertiary/aromatic N) is 1. The van der Waals surface area contributed by atoms with Gasteiger partial charge in [0, 0.05) is 20.1 Å². The lowest BCUT2D eigenvalue weighted by Gasteiger charge is -2.17. The second-order valence-electron chi connectivity index (χ2n) is 4.49. The standard InChI is InChI=1S/C13H14BrFN2O2S2/c1-17(7-10-5-13(14)20-8-10)21(18,19)12-3-2-9(6-16)4-11(12)15/h2-5,8H,6-7,16H2,1H3. The van der Waals surface area contributed by atoms with Crippen molar-refractivity contribution in [2.75, 3.05) is 7.05 Å². The van der Waals surface area contributed by atoms with Gasteiger partial charge < -0.3 is 5.73 Å². The number of hydrogen-bond acceptors (Lipinski definition) is 4. The summed E-state index contributed by atoms with van der Waals surface area (Å²) in [6, 6.07) is 5.77. The van der Waals surface area contributed by atoms with Crippen LogP contribution in [0.5, 0.6) is 0 Å². The molecule has 114 valence electrons. The van der Waals surface area contributed by atoms with E-state index in [1.54, 1.807) is 0 Å². The first-order valence-electron chi connectivity index (χ1n) is 6.02. The van der Waals surface area contributed by atoms with Gasteiger partial charge in [-0.25, -0.2) is 12.8 Å². The third-order valence-electron chi connectivity index (χ3n) is 2.95. The molecule has 0 aliphatic rings. The molecule has 1 aromatic heterocycles. The van der Waals surface area contributed by atoms with Gasteiger partial charge in [-0.1, -0.05) is 6.07 Å². The molecule has 21 heavy (non-hydrogen) atoms. The Morgan fingerprint density at radius 2 is 2.05 bits per heavy atom. The molecule has 8 heteroatoms. The van der Waals surface area contributed by atoms with Crippen molar-refractivity contribution in [3.8, 4) is 0 Å². The molecule has 0 fully saturated rings. The zero-order valence-electron chi connectivity index (χ0n) is 11.2. The highest BCUT2D eigenvalue weighted by molar-refractivity contribution is 9.11. The highest BCUT2D eigenvalue weighted by atomic mass is 79.9. The molecule has 0 radical (unpaired) electrons. The molecule has 0 aliphatic carbocycles. The molecule has 0 saturated carbocycles. The first kappa shape index (κ1) is 16.6. The third kappa shape index (κ3) is 3.70. The first-order valence-corrected chi connectivity index (χ1v) is 9.13. The molecule has 0 atom stereocenters. The van der Waals surface area contributed by atoms with Crippen molar-refractivity contribution in [3.63, 3.8) is 0 Å². The second kappa shape index (κ2) is 6.53. The van der Waals surface area contributed by atoms with Gasteiger partial charge in [0.2, 0.25) is 10.0 Å². The average Bonchev–Trinajstić information content (AvgIpc) is 2.83. The summed E-state index contributed by atoms with van der Waals surface area (Å²) in [6.07, 6.45) is 0. The van der Waals surface area contributed by atoms with Crippen LogP contribution in [0.3, 0.4) is 0 Å². The molecule has 0 amide bonds. The van der Waals surface area contributed by atoms with Crippen LogP contribution in [0.1, 0.15) is 11.1 Å². The predicted octanol–water partition coefficient (Wildman–Crippen LogP) is 2.93. The molecule has 0 spiro atoms. The van der Waals surface area contributed by atoms with Crippen LogP contribution < -0.4 is 5.73 Å². The maximum absolute atomic E-state index is 14.0. The van der Waals surface area contributed by atoms with Gasteiger partial charge in [-0.3, -0.25) is 0 Å². The zero-order chi connectivity index (χ0) is 15.6. The minimum Gasteiger partial charge on any atom is -0.326 e. The Morgan fingerprint density at radius 1 is 1.33 bits per heavy atom. The van der Waals surface area contributed by atoms with Crippen molar-refractivity contribution in [1.82, 2.24) is 4.31 Å². The van der Waals surface area contributed by atoms with E-state index in [0.717, 1.165) is 19.7 Å². The monoisotopic (exact) mass is 392 g/mol. The summed E-state index contributed by atoms with van der Waals surface area (Å²) in [5, 5.41) is 1.85. The number of rotatable bonds is 5. The maximum Gasteiger partial charge on any atom is 0.246 e. The van der Waals surface area contributed by atoms with E-state index in [2.05, 4.69) is 15.9 Å². The normalized spacial score (nSPS) is 12.0. The van der Waals surface area contributed by atoms with E-state index >= 15 is 0 Å². The van der Waals surface area contributed by atoms with Crippen molar-refractivity contribution in [3.05, 3.63) is 50.4 Å². The number of sulfonamides is 1. The molecular weight excluding hydrogens is 379 g/mol. The van der Waals surface area contributed by atoms with E-state index in [9.17, 15) is 12.8 Å². The number of benzene rings is 1. The summed E-state index contributed by atoms with van der Waals surface area (Å²) in [7, 11) is -2.45. The summed E-state index contributed by atoms with van der Waals surface area (Å²) >= 11 is 4.79. The van der Waals surface area contributed by atoms with Crippen LogP contribution in [-0.2, 0) is 23.1 Å². The summed E-state index contributed by atoms with van der Waals surface area (Å²) in [5.41, 5.74) is 6.81. The van der Waals surface area contributed by atoms with Crippen LogP contribution in [0.15, 0.2) is 38.3 Å². The highest BCUT2D eigenvalue weighted by Gasteiger charge is 2.24. The zero-order valence-corrected chi connectivity index (χ0v) is 14.4.